The minimum Gasteiger partial charge on any atom is -0.355 e. The average molecular weight is 383 g/mol. The number of nitrogens with zero attached hydrogens (tertiary/aromatic N) is 5. The van der Waals surface area contributed by atoms with Crippen LogP contribution in [0, 0.1) is 11.3 Å². The van der Waals surface area contributed by atoms with Crippen LogP contribution in [-0.4, -0.2) is 38.2 Å². The first-order chi connectivity index (χ1) is 13.2. The van der Waals surface area contributed by atoms with Crippen LogP contribution in [0.4, 0.5) is 5.82 Å². The van der Waals surface area contributed by atoms with Crippen LogP contribution in [0.15, 0.2) is 24.7 Å². The summed E-state index contributed by atoms with van der Waals surface area (Å²) in [5.41, 5.74) is 3.56. The quantitative estimate of drug-likeness (QED) is 0.707. The second-order valence-corrected chi connectivity index (χ2v) is 8.40. The minimum absolute atomic E-state index is 0.561. The van der Waals surface area contributed by atoms with Gasteiger partial charge in [-0.05, 0) is 36.7 Å². The molecule has 140 valence electrons. The zero-order valence-electron chi connectivity index (χ0n) is 15.5. The zero-order valence-corrected chi connectivity index (χ0v) is 16.2. The highest BCUT2D eigenvalue weighted by Gasteiger charge is 2.42. The van der Waals surface area contributed by atoms with Crippen molar-refractivity contribution in [3.8, 4) is 11.3 Å². The lowest BCUT2D eigenvalue weighted by Gasteiger charge is -2.42. The van der Waals surface area contributed by atoms with E-state index in [2.05, 4.69) is 32.0 Å². The van der Waals surface area contributed by atoms with Crippen molar-refractivity contribution >= 4 is 28.6 Å². The SMILES string of the molecule is C[C@@H]1CCCC12CCN(c1cnc3c(-c4ccncc4Cl)[nH]nc3n1)CC2. The molecule has 5 rings (SSSR count). The maximum absolute atomic E-state index is 6.27. The standard InChI is InChI=1S/C20H23ClN6/c1-13-3-2-5-20(13)6-9-27(10-7-20)16-12-23-18-17(25-26-19(18)24-16)14-4-8-22-11-15(14)21/h4,8,11-13H,2-3,5-7,9-10H2,1H3,(H,24,25,26)/t13-/m1/s1. The number of hydrogen-bond donors (Lipinski definition) is 1. The lowest BCUT2D eigenvalue weighted by Crippen LogP contribution is -2.41. The van der Waals surface area contributed by atoms with Crippen LogP contribution in [-0.2, 0) is 0 Å². The van der Waals surface area contributed by atoms with Crippen molar-refractivity contribution in [2.45, 2.75) is 39.0 Å². The van der Waals surface area contributed by atoms with Gasteiger partial charge in [0.2, 0.25) is 5.65 Å². The first-order valence-electron chi connectivity index (χ1n) is 9.72. The Morgan fingerprint density at radius 3 is 2.81 bits per heavy atom. The Kier molecular flexibility index (Phi) is 4.04. The number of rotatable bonds is 2. The van der Waals surface area contributed by atoms with E-state index in [0.717, 1.165) is 41.6 Å². The molecule has 0 radical (unpaired) electrons. The summed E-state index contributed by atoms with van der Waals surface area (Å²) in [7, 11) is 0. The fraction of sp³-hybridized carbons (Fsp3) is 0.500. The van der Waals surface area contributed by atoms with Crippen LogP contribution >= 0.6 is 11.6 Å². The Morgan fingerprint density at radius 1 is 1.22 bits per heavy atom. The molecule has 0 amide bonds. The van der Waals surface area contributed by atoms with E-state index in [4.69, 9.17) is 16.6 Å². The number of aromatic amines is 1. The molecule has 0 unspecified atom stereocenters. The molecule has 1 spiro atoms. The van der Waals surface area contributed by atoms with Gasteiger partial charge in [-0.2, -0.15) is 5.10 Å². The van der Waals surface area contributed by atoms with Gasteiger partial charge < -0.3 is 4.90 Å². The number of anilines is 1. The second-order valence-electron chi connectivity index (χ2n) is 8.00. The van der Waals surface area contributed by atoms with Crippen LogP contribution in [0.1, 0.15) is 39.0 Å². The molecule has 7 heteroatoms. The van der Waals surface area contributed by atoms with Crippen LogP contribution in [0.5, 0.6) is 0 Å². The molecule has 0 bridgehead atoms. The number of H-pyrrole nitrogens is 1. The van der Waals surface area contributed by atoms with Gasteiger partial charge in [-0.25, -0.2) is 9.97 Å². The van der Waals surface area contributed by atoms with Crippen molar-refractivity contribution in [2.75, 3.05) is 18.0 Å². The van der Waals surface area contributed by atoms with E-state index in [1.54, 1.807) is 12.4 Å². The molecule has 1 saturated heterocycles. The van der Waals surface area contributed by atoms with E-state index < -0.39 is 0 Å². The highest BCUT2D eigenvalue weighted by molar-refractivity contribution is 6.33. The van der Waals surface area contributed by atoms with Crippen LogP contribution < -0.4 is 4.90 Å². The van der Waals surface area contributed by atoms with Gasteiger partial charge >= 0.3 is 0 Å². The highest BCUT2D eigenvalue weighted by atomic mass is 35.5. The molecule has 2 fully saturated rings. The first-order valence-corrected chi connectivity index (χ1v) is 10.1. The Hall–Kier alpha value is -2.21. The second kappa shape index (κ2) is 6.44. The van der Waals surface area contributed by atoms with Crippen molar-refractivity contribution < 1.29 is 0 Å². The maximum atomic E-state index is 6.27. The molecule has 6 nitrogen and oxygen atoms in total. The van der Waals surface area contributed by atoms with Crippen LogP contribution in [0.3, 0.4) is 0 Å². The molecule has 1 atom stereocenters. The summed E-state index contributed by atoms with van der Waals surface area (Å²) in [6.07, 6.45) is 11.9. The lowest BCUT2D eigenvalue weighted by molar-refractivity contribution is 0.161. The maximum Gasteiger partial charge on any atom is 0.202 e. The van der Waals surface area contributed by atoms with Gasteiger partial charge in [0.05, 0.1) is 16.9 Å². The Balaban J connectivity index is 1.41. The molecule has 2 aliphatic rings. The number of nitrogens with one attached hydrogen (secondary N) is 1. The van der Waals surface area contributed by atoms with E-state index in [1.807, 2.05) is 12.3 Å². The fourth-order valence-electron chi connectivity index (χ4n) is 4.94. The molecule has 3 aromatic rings. The van der Waals surface area contributed by atoms with E-state index >= 15 is 0 Å². The highest BCUT2D eigenvalue weighted by Crippen LogP contribution is 2.50. The first kappa shape index (κ1) is 16.9. The molecule has 1 aliphatic carbocycles. The predicted octanol–water partition coefficient (Wildman–Crippen LogP) is 4.47. The molecule has 27 heavy (non-hydrogen) atoms. The minimum atomic E-state index is 0.561. The summed E-state index contributed by atoms with van der Waals surface area (Å²) in [5, 5.41) is 7.98. The predicted molar refractivity (Wildman–Crippen MR) is 107 cm³/mol. The summed E-state index contributed by atoms with van der Waals surface area (Å²) in [6, 6.07) is 1.86. The topological polar surface area (TPSA) is 70.6 Å². The molecule has 1 saturated carbocycles. The number of hydrogen-bond acceptors (Lipinski definition) is 5. The van der Waals surface area contributed by atoms with Crippen molar-refractivity contribution in [1.82, 2.24) is 25.1 Å². The number of aromatic nitrogens is 5. The molecule has 1 N–H and O–H groups in total. The van der Waals surface area contributed by atoms with Crippen molar-refractivity contribution in [1.29, 1.82) is 0 Å². The third-order valence-corrected chi connectivity index (χ3v) is 7.04. The van der Waals surface area contributed by atoms with E-state index in [9.17, 15) is 0 Å². The largest absolute Gasteiger partial charge is 0.355 e. The van der Waals surface area contributed by atoms with Crippen molar-refractivity contribution in [3.05, 3.63) is 29.7 Å². The summed E-state index contributed by atoms with van der Waals surface area (Å²) >= 11 is 6.27. The average Bonchev–Trinajstić information content (AvgIpc) is 3.26. The molecular weight excluding hydrogens is 360 g/mol. The number of pyridine rings is 1. The van der Waals surface area contributed by atoms with Crippen LogP contribution in [0.25, 0.3) is 22.4 Å². The molecular formula is C20H23ClN6. The number of fused-ring (bicyclic) bond motifs is 1. The van der Waals surface area contributed by atoms with Gasteiger partial charge in [0, 0.05) is 31.0 Å². The zero-order chi connectivity index (χ0) is 18.4. The lowest BCUT2D eigenvalue weighted by atomic mass is 9.71. The summed E-state index contributed by atoms with van der Waals surface area (Å²) in [4.78, 5) is 15.8. The summed E-state index contributed by atoms with van der Waals surface area (Å²) < 4.78 is 0. The normalized spacial score (nSPS) is 22.0. The summed E-state index contributed by atoms with van der Waals surface area (Å²) in [6.45, 7) is 4.54. The van der Waals surface area contributed by atoms with E-state index in [1.165, 1.54) is 32.1 Å². The van der Waals surface area contributed by atoms with Crippen molar-refractivity contribution in [3.63, 3.8) is 0 Å². The van der Waals surface area contributed by atoms with Gasteiger partial charge in [-0.1, -0.05) is 31.4 Å². The van der Waals surface area contributed by atoms with Gasteiger partial charge in [0.25, 0.3) is 0 Å². The Labute approximate surface area is 163 Å². The molecule has 0 aromatic carbocycles. The van der Waals surface area contributed by atoms with Crippen LogP contribution in [0.2, 0.25) is 5.02 Å². The van der Waals surface area contributed by atoms with E-state index in [-0.39, 0.29) is 0 Å². The fourth-order valence-corrected chi connectivity index (χ4v) is 5.16. The van der Waals surface area contributed by atoms with Gasteiger partial charge in [0.15, 0.2) is 0 Å². The number of halogens is 1. The third-order valence-electron chi connectivity index (χ3n) is 6.73. The molecule has 3 aromatic heterocycles. The Bertz CT molecular complexity index is 976. The third kappa shape index (κ3) is 2.78. The smallest absolute Gasteiger partial charge is 0.202 e. The van der Waals surface area contributed by atoms with Gasteiger partial charge in [-0.15, -0.1) is 0 Å². The molecule has 1 aliphatic heterocycles. The van der Waals surface area contributed by atoms with Crippen molar-refractivity contribution in [2.24, 2.45) is 11.3 Å². The Morgan fingerprint density at radius 2 is 2.07 bits per heavy atom. The van der Waals surface area contributed by atoms with Gasteiger partial charge in [-0.3, -0.25) is 10.1 Å². The van der Waals surface area contributed by atoms with E-state index in [0.29, 0.717) is 16.1 Å². The number of piperidine rings is 1. The monoisotopic (exact) mass is 382 g/mol. The summed E-state index contributed by atoms with van der Waals surface area (Å²) in [5.74, 6) is 1.77. The van der Waals surface area contributed by atoms with Gasteiger partial charge in [0.1, 0.15) is 11.3 Å². The molecule has 4 heterocycles.